The third-order valence-electron chi connectivity index (χ3n) is 3.07. The monoisotopic (exact) mass is 300 g/mol. The molecule has 1 aromatic heterocycles. The molecule has 0 saturated heterocycles. The molecule has 0 saturated carbocycles. The first kappa shape index (κ1) is 13.4. The van der Waals surface area contributed by atoms with Gasteiger partial charge in [0.05, 0.1) is 0 Å². The Balaban J connectivity index is 1.90. The number of hydrogen-bond donors (Lipinski definition) is 0. The summed E-state index contributed by atoms with van der Waals surface area (Å²) in [4.78, 5) is 0. The minimum Gasteiger partial charge on any atom is -0.142 e. The lowest BCUT2D eigenvalue weighted by Crippen LogP contribution is -1.90. The first-order chi connectivity index (χ1) is 9.74. The molecule has 3 rings (SSSR count). The molecule has 0 amide bonds. The minimum absolute atomic E-state index is 0.459. The number of thioether (sulfide) groups is 1. The van der Waals surface area contributed by atoms with Gasteiger partial charge in [-0.3, -0.25) is 0 Å². The fourth-order valence-corrected chi connectivity index (χ4v) is 3.22. The molecule has 2 nitrogen and oxygen atoms in total. The summed E-state index contributed by atoms with van der Waals surface area (Å²) in [7, 11) is 0. The van der Waals surface area contributed by atoms with Crippen molar-refractivity contribution in [3.05, 3.63) is 64.8 Å². The van der Waals surface area contributed by atoms with Crippen molar-refractivity contribution in [3.63, 3.8) is 0 Å². The average molecular weight is 301 g/mol. The molecule has 3 aromatic rings. The smallest absolute Gasteiger partial charge is 0.142 e. The van der Waals surface area contributed by atoms with E-state index in [1.807, 2.05) is 24.3 Å². The lowest BCUT2D eigenvalue weighted by atomic mass is 10.2. The third kappa shape index (κ3) is 2.79. The van der Waals surface area contributed by atoms with E-state index in [9.17, 15) is 0 Å². The number of aryl methyl sites for hydroxylation is 1. The van der Waals surface area contributed by atoms with Gasteiger partial charge < -0.3 is 0 Å². The van der Waals surface area contributed by atoms with Crippen molar-refractivity contribution in [3.8, 4) is 0 Å². The molecule has 0 spiro atoms. The van der Waals surface area contributed by atoms with E-state index in [1.54, 1.807) is 11.8 Å². The Morgan fingerprint density at radius 2 is 1.80 bits per heavy atom. The molecule has 0 unspecified atom stereocenters. The van der Waals surface area contributed by atoms with Crippen LogP contribution in [0.2, 0.25) is 5.15 Å². The molecule has 0 fully saturated rings. The topological polar surface area (TPSA) is 25.8 Å². The minimum atomic E-state index is 0.459. The second-order valence-corrected chi connectivity index (χ2v) is 5.94. The van der Waals surface area contributed by atoms with E-state index in [4.69, 9.17) is 11.6 Å². The zero-order chi connectivity index (χ0) is 13.9. The number of benzene rings is 2. The Bertz CT molecular complexity index is 758. The molecular weight excluding hydrogens is 288 g/mol. The first-order valence-electron chi connectivity index (χ1n) is 6.33. The van der Waals surface area contributed by atoms with E-state index in [2.05, 4.69) is 41.4 Å². The summed E-state index contributed by atoms with van der Waals surface area (Å²) in [5.41, 5.74) is 2.56. The van der Waals surface area contributed by atoms with Crippen molar-refractivity contribution in [2.75, 3.05) is 0 Å². The molecule has 0 N–H and O–H groups in total. The van der Waals surface area contributed by atoms with Crippen molar-refractivity contribution >= 4 is 34.1 Å². The Morgan fingerprint density at radius 3 is 2.60 bits per heavy atom. The Morgan fingerprint density at radius 1 is 1.00 bits per heavy atom. The van der Waals surface area contributed by atoms with Crippen molar-refractivity contribution in [1.29, 1.82) is 0 Å². The van der Waals surface area contributed by atoms with E-state index < -0.39 is 0 Å². The maximum atomic E-state index is 6.08. The molecule has 2 aromatic carbocycles. The predicted octanol–water partition coefficient (Wildman–Crippen LogP) is 4.88. The molecule has 0 aliphatic heterocycles. The van der Waals surface area contributed by atoms with Gasteiger partial charge in [-0.05, 0) is 12.5 Å². The van der Waals surface area contributed by atoms with Crippen LogP contribution in [0, 0.1) is 6.92 Å². The fourth-order valence-electron chi connectivity index (χ4n) is 2.11. The van der Waals surface area contributed by atoms with Crippen LogP contribution in [-0.4, -0.2) is 10.2 Å². The number of rotatable bonds is 3. The van der Waals surface area contributed by atoms with E-state index in [1.165, 1.54) is 11.1 Å². The van der Waals surface area contributed by atoms with Gasteiger partial charge in [0.15, 0.2) is 5.15 Å². The summed E-state index contributed by atoms with van der Waals surface area (Å²) in [5.74, 6) is 0.877. The van der Waals surface area contributed by atoms with Gasteiger partial charge in [0, 0.05) is 16.5 Å². The standard InChI is InChI=1S/C16H13ClN2S/c1-11-5-4-6-12(9-11)10-20-16-14-8-3-2-7-13(14)15(17)18-19-16/h2-9H,10H2,1H3. The SMILES string of the molecule is Cc1cccc(CSc2nnc(Cl)c3ccccc23)c1. The van der Waals surface area contributed by atoms with Gasteiger partial charge in [-0.15, -0.1) is 10.2 Å². The summed E-state index contributed by atoms with van der Waals surface area (Å²) >= 11 is 7.77. The van der Waals surface area contributed by atoms with Gasteiger partial charge in [0.1, 0.15) is 5.03 Å². The first-order valence-corrected chi connectivity index (χ1v) is 7.69. The second-order valence-electron chi connectivity index (χ2n) is 4.62. The van der Waals surface area contributed by atoms with Crippen LogP contribution >= 0.6 is 23.4 Å². The van der Waals surface area contributed by atoms with Crippen LogP contribution in [-0.2, 0) is 5.75 Å². The van der Waals surface area contributed by atoms with Gasteiger partial charge in [0.2, 0.25) is 0 Å². The van der Waals surface area contributed by atoms with Crippen LogP contribution in [0.4, 0.5) is 0 Å². The quantitative estimate of drug-likeness (QED) is 0.644. The summed E-state index contributed by atoms with van der Waals surface area (Å²) < 4.78 is 0. The van der Waals surface area contributed by atoms with E-state index in [0.29, 0.717) is 5.15 Å². The van der Waals surface area contributed by atoms with Crippen LogP contribution < -0.4 is 0 Å². The average Bonchev–Trinajstić information content (AvgIpc) is 2.47. The molecular formula is C16H13ClN2S. The molecule has 4 heteroatoms. The number of nitrogens with zero attached hydrogens (tertiary/aromatic N) is 2. The molecule has 0 radical (unpaired) electrons. The highest BCUT2D eigenvalue weighted by atomic mass is 35.5. The van der Waals surface area contributed by atoms with E-state index in [-0.39, 0.29) is 0 Å². The molecule has 0 aliphatic carbocycles. The number of halogens is 1. The predicted molar refractivity (Wildman–Crippen MR) is 85.3 cm³/mol. The lowest BCUT2D eigenvalue weighted by molar-refractivity contribution is 0.956. The van der Waals surface area contributed by atoms with Crippen LogP contribution in [0.25, 0.3) is 10.8 Å². The molecule has 1 heterocycles. The Labute approximate surface area is 127 Å². The van der Waals surface area contributed by atoms with Gasteiger partial charge in [-0.25, -0.2) is 0 Å². The molecule has 0 bridgehead atoms. The maximum absolute atomic E-state index is 6.08. The number of aromatic nitrogens is 2. The number of fused-ring (bicyclic) bond motifs is 1. The highest BCUT2D eigenvalue weighted by Gasteiger charge is 2.08. The van der Waals surface area contributed by atoms with Crippen molar-refractivity contribution in [2.45, 2.75) is 17.7 Å². The Hall–Kier alpha value is -1.58. The zero-order valence-corrected chi connectivity index (χ0v) is 12.6. The van der Waals surface area contributed by atoms with E-state index >= 15 is 0 Å². The number of hydrogen-bond acceptors (Lipinski definition) is 3. The largest absolute Gasteiger partial charge is 0.159 e. The maximum Gasteiger partial charge on any atom is 0.159 e. The molecule has 0 aliphatic rings. The van der Waals surface area contributed by atoms with Crippen LogP contribution in [0.1, 0.15) is 11.1 Å². The third-order valence-corrected chi connectivity index (χ3v) is 4.40. The van der Waals surface area contributed by atoms with Gasteiger partial charge in [-0.1, -0.05) is 77.5 Å². The fraction of sp³-hybridized carbons (Fsp3) is 0.125. The molecule has 0 atom stereocenters. The Kier molecular flexibility index (Phi) is 3.90. The highest BCUT2D eigenvalue weighted by Crippen LogP contribution is 2.30. The van der Waals surface area contributed by atoms with Crippen molar-refractivity contribution in [2.24, 2.45) is 0 Å². The van der Waals surface area contributed by atoms with Crippen molar-refractivity contribution in [1.82, 2.24) is 10.2 Å². The summed E-state index contributed by atoms with van der Waals surface area (Å²) in [5, 5.41) is 11.7. The molecule has 20 heavy (non-hydrogen) atoms. The molecule has 100 valence electrons. The van der Waals surface area contributed by atoms with Crippen molar-refractivity contribution < 1.29 is 0 Å². The zero-order valence-electron chi connectivity index (χ0n) is 11.0. The summed E-state index contributed by atoms with van der Waals surface area (Å²) in [6, 6.07) is 16.5. The van der Waals surface area contributed by atoms with Gasteiger partial charge in [0.25, 0.3) is 0 Å². The summed E-state index contributed by atoms with van der Waals surface area (Å²) in [6.45, 7) is 2.10. The second kappa shape index (κ2) is 5.81. The normalized spacial score (nSPS) is 10.9. The van der Waals surface area contributed by atoms with Crippen LogP contribution in [0.3, 0.4) is 0 Å². The van der Waals surface area contributed by atoms with Crippen LogP contribution in [0.5, 0.6) is 0 Å². The van der Waals surface area contributed by atoms with Crippen LogP contribution in [0.15, 0.2) is 53.6 Å². The lowest BCUT2D eigenvalue weighted by Gasteiger charge is -2.06. The van der Waals surface area contributed by atoms with Gasteiger partial charge in [-0.2, -0.15) is 0 Å². The highest BCUT2D eigenvalue weighted by molar-refractivity contribution is 7.98. The van der Waals surface area contributed by atoms with E-state index in [0.717, 1.165) is 21.6 Å². The summed E-state index contributed by atoms with van der Waals surface area (Å²) in [6.07, 6.45) is 0. The van der Waals surface area contributed by atoms with Gasteiger partial charge >= 0.3 is 0 Å².